The Morgan fingerprint density at radius 2 is 1.86 bits per heavy atom. The maximum atomic E-state index is 6.30. The fourth-order valence-corrected chi connectivity index (χ4v) is 3.60. The Hall–Kier alpha value is -2.17. The smallest absolute Gasteiger partial charge is 0.209 e. The number of tetrazole rings is 1. The standard InChI is InChI=1S/C18H13Cl2IN6O/c1-28-12-7-5-11(6-8-12)9-27-24-18(22-25-27)13-10-26(23-17(13)21)15-4-2-3-14(19)16(15)20/h2-8,10H,9H2,1H3. The summed E-state index contributed by atoms with van der Waals surface area (Å²) in [7, 11) is 1.64. The van der Waals surface area contributed by atoms with Crippen molar-refractivity contribution in [1.29, 1.82) is 0 Å². The lowest BCUT2D eigenvalue weighted by molar-refractivity contribution is 0.414. The molecule has 0 amide bonds. The van der Waals surface area contributed by atoms with E-state index >= 15 is 0 Å². The number of halogens is 3. The zero-order valence-electron chi connectivity index (χ0n) is 14.6. The van der Waals surface area contributed by atoms with Crippen LogP contribution in [0, 0.1) is 3.70 Å². The van der Waals surface area contributed by atoms with E-state index in [2.05, 4.69) is 43.1 Å². The van der Waals surface area contributed by atoms with Crippen molar-refractivity contribution in [3.8, 4) is 22.8 Å². The molecule has 0 aliphatic heterocycles. The first-order valence-electron chi connectivity index (χ1n) is 8.16. The third kappa shape index (κ3) is 3.85. The molecule has 142 valence electrons. The minimum Gasteiger partial charge on any atom is -0.497 e. The van der Waals surface area contributed by atoms with Crippen molar-refractivity contribution in [3.63, 3.8) is 0 Å². The first-order chi connectivity index (χ1) is 13.5. The zero-order valence-corrected chi connectivity index (χ0v) is 18.2. The largest absolute Gasteiger partial charge is 0.497 e. The predicted molar refractivity (Wildman–Crippen MR) is 115 cm³/mol. The number of methoxy groups -OCH3 is 1. The highest BCUT2D eigenvalue weighted by Crippen LogP contribution is 2.30. The number of hydrogen-bond acceptors (Lipinski definition) is 5. The lowest BCUT2D eigenvalue weighted by atomic mass is 10.2. The molecule has 0 radical (unpaired) electrons. The maximum Gasteiger partial charge on any atom is 0.209 e. The molecule has 7 nitrogen and oxygen atoms in total. The van der Waals surface area contributed by atoms with E-state index in [4.69, 9.17) is 27.9 Å². The summed E-state index contributed by atoms with van der Waals surface area (Å²) >= 11 is 14.5. The van der Waals surface area contributed by atoms with Gasteiger partial charge in [-0.3, -0.25) is 0 Å². The van der Waals surface area contributed by atoms with Crippen molar-refractivity contribution >= 4 is 45.8 Å². The first kappa shape index (κ1) is 19.2. The molecule has 0 spiro atoms. The van der Waals surface area contributed by atoms with Crippen LogP contribution in [0.25, 0.3) is 17.1 Å². The number of aromatic nitrogens is 6. The molecule has 2 heterocycles. The lowest BCUT2D eigenvalue weighted by Gasteiger charge is -2.04. The van der Waals surface area contributed by atoms with Gasteiger partial charge in [-0.05, 0) is 57.6 Å². The van der Waals surface area contributed by atoms with Crippen molar-refractivity contribution in [2.45, 2.75) is 6.54 Å². The molecule has 0 aliphatic carbocycles. The highest BCUT2D eigenvalue weighted by molar-refractivity contribution is 14.1. The van der Waals surface area contributed by atoms with Crippen LogP contribution in [0.2, 0.25) is 10.0 Å². The van der Waals surface area contributed by atoms with Crippen molar-refractivity contribution in [3.05, 3.63) is 68.0 Å². The second-order valence-corrected chi connectivity index (χ2v) is 7.65. The van der Waals surface area contributed by atoms with Crippen molar-refractivity contribution < 1.29 is 4.74 Å². The molecule has 2 aromatic carbocycles. The van der Waals surface area contributed by atoms with Crippen LogP contribution in [-0.4, -0.2) is 37.1 Å². The second-order valence-electron chi connectivity index (χ2n) is 5.84. The average molecular weight is 527 g/mol. The van der Waals surface area contributed by atoms with Crippen LogP contribution in [-0.2, 0) is 6.54 Å². The topological polar surface area (TPSA) is 70.7 Å². The van der Waals surface area contributed by atoms with Gasteiger partial charge in [0.1, 0.15) is 9.45 Å². The SMILES string of the molecule is COc1ccc(Cn2nnc(-c3cn(-c4cccc(Cl)c4Cl)nc3I)n2)cc1. The first-order valence-corrected chi connectivity index (χ1v) is 9.99. The molecule has 0 bridgehead atoms. The van der Waals surface area contributed by atoms with E-state index in [1.165, 1.54) is 4.80 Å². The highest BCUT2D eigenvalue weighted by Gasteiger charge is 2.17. The van der Waals surface area contributed by atoms with Crippen LogP contribution in [0.3, 0.4) is 0 Å². The Kier molecular flexibility index (Phi) is 5.51. The zero-order chi connectivity index (χ0) is 19.7. The van der Waals surface area contributed by atoms with Crippen LogP contribution in [0.5, 0.6) is 5.75 Å². The van der Waals surface area contributed by atoms with Crippen molar-refractivity contribution in [2.75, 3.05) is 7.11 Å². The molecule has 4 aromatic rings. The Morgan fingerprint density at radius 3 is 2.61 bits per heavy atom. The van der Waals surface area contributed by atoms with Gasteiger partial charge >= 0.3 is 0 Å². The molecule has 0 fully saturated rings. The number of benzene rings is 2. The molecule has 0 saturated carbocycles. The van der Waals surface area contributed by atoms with E-state index in [0.29, 0.717) is 28.1 Å². The summed E-state index contributed by atoms with van der Waals surface area (Å²) in [6.45, 7) is 0.502. The molecular weight excluding hydrogens is 514 g/mol. The van der Waals surface area contributed by atoms with Crippen LogP contribution in [0.4, 0.5) is 0 Å². The summed E-state index contributed by atoms with van der Waals surface area (Å²) in [5.41, 5.74) is 2.49. The summed E-state index contributed by atoms with van der Waals surface area (Å²) in [6.07, 6.45) is 1.81. The number of rotatable bonds is 5. The van der Waals surface area contributed by atoms with Gasteiger partial charge in [-0.1, -0.05) is 41.4 Å². The molecule has 0 aliphatic rings. The minimum atomic E-state index is 0.436. The molecule has 28 heavy (non-hydrogen) atoms. The van der Waals surface area contributed by atoms with E-state index in [1.54, 1.807) is 17.9 Å². The van der Waals surface area contributed by atoms with E-state index in [-0.39, 0.29) is 0 Å². The Bertz CT molecular complexity index is 1130. The summed E-state index contributed by atoms with van der Waals surface area (Å²) in [5, 5.41) is 18.2. The molecule has 0 atom stereocenters. The number of hydrogen-bond donors (Lipinski definition) is 0. The summed E-state index contributed by atoms with van der Waals surface area (Å²) in [4.78, 5) is 1.54. The summed E-state index contributed by atoms with van der Waals surface area (Å²) in [6, 6.07) is 13.1. The summed E-state index contributed by atoms with van der Waals surface area (Å²) < 4.78 is 7.57. The molecule has 10 heteroatoms. The quantitative estimate of drug-likeness (QED) is 0.358. The highest BCUT2D eigenvalue weighted by atomic mass is 127. The lowest BCUT2D eigenvalue weighted by Crippen LogP contribution is -2.04. The van der Waals surface area contributed by atoms with Gasteiger partial charge in [-0.15, -0.1) is 10.2 Å². The normalized spacial score (nSPS) is 11.0. The van der Waals surface area contributed by atoms with E-state index < -0.39 is 0 Å². The van der Waals surface area contributed by atoms with Gasteiger partial charge in [0.25, 0.3) is 0 Å². The van der Waals surface area contributed by atoms with Crippen molar-refractivity contribution in [1.82, 2.24) is 30.0 Å². The van der Waals surface area contributed by atoms with E-state index in [0.717, 1.165) is 20.6 Å². The Labute approximate surface area is 184 Å². The van der Waals surface area contributed by atoms with Crippen molar-refractivity contribution in [2.24, 2.45) is 0 Å². The van der Waals surface area contributed by atoms with Gasteiger partial charge in [-0.25, -0.2) is 4.68 Å². The van der Waals surface area contributed by atoms with Gasteiger partial charge in [0.05, 0.1) is 35.0 Å². The van der Waals surface area contributed by atoms with Gasteiger partial charge in [0.2, 0.25) is 5.82 Å². The fraction of sp³-hybridized carbons (Fsp3) is 0.111. The molecule has 0 unspecified atom stereocenters. The molecule has 4 rings (SSSR count). The van der Waals surface area contributed by atoms with E-state index in [1.807, 2.05) is 42.6 Å². The van der Waals surface area contributed by atoms with Crippen LogP contribution >= 0.6 is 45.8 Å². The molecule has 0 N–H and O–H groups in total. The maximum absolute atomic E-state index is 6.30. The number of nitrogens with zero attached hydrogens (tertiary/aromatic N) is 6. The molecule has 0 saturated heterocycles. The second kappa shape index (κ2) is 8.06. The van der Waals surface area contributed by atoms with Crippen LogP contribution in [0.15, 0.2) is 48.7 Å². The molecule has 2 aromatic heterocycles. The average Bonchev–Trinajstić information content (AvgIpc) is 3.31. The van der Waals surface area contributed by atoms with Gasteiger partial charge in [-0.2, -0.15) is 9.90 Å². The Balaban J connectivity index is 1.60. The third-order valence-corrected chi connectivity index (χ3v) is 5.63. The fourth-order valence-electron chi connectivity index (χ4n) is 2.61. The van der Waals surface area contributed by atoms with Crippen LogP contribution in [0.1, 0.15) is 5.56 Å². The molecular formula is C18H13Cl2IN6O. The minimum absolute atomic E-state index is 0.436. The van der Waals surface area contributed by atoms with Gasteiger partial charge in [0, 0.05) is 6.20 Å². The monoisotopic (exact) mass is 526 g/mol. The third-order valence-electron chi connectivity index (χ3n) is 4.02. The van der Waals surface area contributed by atoms with Gasteiger partial charge < -0.3 is 4.74 Å². The Morgan fingerprint density at radius 1 is 1.07 bits per heavy atom. The van der Waals surface area contributed by atoms with Gasteiger partial charge in [0.15, 0.2) is 0 Å². The predicted octanol–water partition coefficient (Wildman–Crippen LogP) is 4.49. The van der Waals surface area contributed by atoms with Crippen LogP contribution < -0.4 is 4.74 Å². The van der Waals surface area contributed by atoms with E-state index in [9.17, 15) is 0 Å². The summed E-state index contributed by atoms with van der Waals surface area (Å²) in [5.74, 6) is 1.29. The number of ether oxygens (including phenoxy) is 1.